The van der Waals surface area contributed by atoms with Gasteiger partial charge in [0.05, 0.1) is 26.4 Å². The molecule has 0 fully saturated rings. The summed E-state index contributed by atoms with van der Waals surface area (Å²) in [5.41, 5.74) is 6.65. The maximum absolute atomic E-state index is 5.92. The minimum Gasteiger partial charge on any atom is -0.493 e. The molecule has 0 spiro atoms. The lowest BCUT2D eigenvalue weighted by atomic mass is 9.78. The summed E-state index contributed by atoms with van der Waals surface area (Å²) in [6.07, 6.45) is 0. The molecule has 0 radical (unpaired) electrons. The van der Waals surface area contributed by atoms with E-state index in [9.17, 15) is 0 Å². The molecule has 0 aromatic heterocycles. The zero-order chi connectivity index (χ0) is 100. The Hall–Kier alpha value is -4.18. The van der Waals surface area contributed by atoms with Crippen molar-refractivity contribution in [2.45, 2.75) is 412 Å². The van der Waals surface area contributed by atoms with Gasteiger partial charge in [-0.3, -0.25) is 0 Å². The molecule has 0 unspecified atom stereocenters. The van der Waals surface area contributed by atoms with Gasteiger partial charge in [0, 0.05) is 41.3 Å². The molecule has 0 amide bonds. The molecule has 6 rings (SSSR count). The molecule has 0 bridgehead atoms. The first kappa shape index (κ1) is 126. The van der Waals surface area contributed by atoms with Gasteiger partial charge in [0.25, 0.3) is 0 Å². The average Bonchev–Trinajstić information content (AvgIpc) is 0.802. The predicted molar refractivity (Wildman–Crippen MR) is 586 cm³/mol. The second-order valence-corrected chi connectivity index (χ2v) is 62.4. The third-order valence-electron chi connectivity index (χ3n) is 15.6. The second kappa shape index (κ2) is 52.8. The van der Waals surface area contributed by atoms with Crippen molar-refractivity contribution < 1.29 is 37.9 Å². The Labute approximate surface area is 817 Å². The van der Waals surface area contributed by atoms with Crippen LogP contribution in [0, 0.1) is 43.3 Å². The fourth-order valence-electron chi connectivity index (χ4n) is 10.3. The van der Waals surface area contributed by atoms with Gasteiger partial charge in [-0.15, -0.1) is 0 Å². The molecular formula is C114H196O8S6. The zero-order valence-corrected chi connectivity index (χ0v) is 97.1. The minimum absolute atomic E-state index is 0.0783. The van der Waals surface area contributed by atoms with E-state index in [1.54, 1.807) is 0 Å². The fraction of sp³-hybridized carbons (Fsp3) is 0.684. The van der Waals surface area contributed by atoms with Crippen LogP contribution in [0.2, 0.25) is 0 Å². The number of hydrogen-bond donors (Lipinski definition) is 0. The molecule has 736 valence electrons. The Balaban J connectivity index is 0. The van der Waals surface area contributed by atoms with E-state index in [0.29, 0.717) is 67.1 Å². The Bertz CT molecular complexity index is 3680. The first-order valence-electron chi connectivity index (χ1n) is 46.7. The molecule has 0 saturated carbocycles. The van der Waals surface area contributed by atoms with Gasteiger partial charge in [0.2, 0.25) is 0 Å². The summed E-state index contributed by atoms with van der Waals surface area (Å²) >= 11 is 4.08. The normalized spacial score (nSPS) is 13.0. The van der Waals surface area contributed by atoms with Crippen molar-refractivity contribution in [3.63, 3.8) is 0 Å². The highest BCUT2D eigenvalue weighted by Crippen LogP contribution is 2.44. The lowest BCUT2D eigenvalue weighted by Gasteiger charge is -2.28. The van der Waals surface area contributed by atoms with E-state index in [1.165, 1.54) is 45.3 Å². The Morgan fingerprint density at radius 2 is 0.398 bits per heavy atom. The molecule has 0 atom stereocenters. The number of ether oxygens (including phenoxy) is 8. The van der Waals surface area contributed by atoms with Crippen LogP contribution in [-0.2, 0) is 10.8 Å². The number of thioether (sulfide) groups is 2. The number of para-hydroxylation sites is 4. The van der Waals surface area contributed by atoms with E-state index in [0.717, 1.165) is 46.0 Å². The van der Waals surface area contributed by atoms with Crippen LogP contribution < -0.4 is 37.9 Å². The third kappa shape index (κ3) is 73.2. The Kier molecular flexibility index (Phi) is 51.9. The maximum atomic E-state index is 5.92. The zero-order valence-electron chi connectivity index (χ0n) is 92.2. The topological polar surface area (TPSA) is 73.8 Å². The fourth-order valence-corrected chi connectivity index (χ4v) is 18.9. The first-order valence-corrected chi connectivity index (χ1v) is 53.3. The monoisotopic (exact) mass is 1890 g/mol. The molecule has 128 heavy (non-hydrogen) atoms. The summed E-state index contributed by atoms with van der Waals surface area (Å²) < 4.78 is 48.6. The van der Waals surface area contributed by atoms with E-state index < -0.39 is 0 Å². The van der Waals surface area contributed by atoms with Gasteiger partial charge in [0.15, 0.2) is 23.0 Å². The lowest BCUT2D eigenvalue weighted by Crippen LogP contribution is -2.26. The van der Waals surface area contributed by atoms with Crippen LogP contribution in [0.4, 0.5) is 0 Å². The van der Waals surface area contributed by atoms with E-state index in [4.69, 9.17) is 37.9 Å². The summed E-state index contributed by atoms with van der Waals surface area (Å²) in [6, 6.07) is 49.5. The van der Waals surface area contributed by atoms with E-state index in [1.807, 2.05) is 145 Å². The molecule has 0 aliphatic carbocycles. The van der Waals surface area contributed by atoms with Gasteiger partial charge in [-0.1, -0.05) is 393 Å². The summed E-state index contributed by atoms with van der Waals surface area (Å²) in [5.74, 6) is 11.9. The highest BCUT2D eigenvalue weighted by atomic mass is 33.1. The predicted octanol–water partition coefficient (Wildman–Crippen LogP) is 37.4. The number of benzene rings is 6. The van der Waals surface area contributed by atoms with Gasteiger partial charge in [-0.05, 0) is 233 Å². The van der Waals surface area contributed by atoms with Crippen LogP contribution in [0.3, 0.4) is 0 Å². The first-order chi connectivity index (χ1) is 56.9. The quantitative estimate of drug-likeness (QED) is 0.0478. The molecular weight excluding hydrogens is 1690 g/mol. The lowest BCUT2D eigenvalue weighted by molar-refractivity contribution is 0.0958. The summed E-state index contributed by atoms with van der Waals surface area (Å²) in [7, 11) is 7.92. The molecule has 6 aromatic carbocycles. The van der Waals surface area contributed by atoms with Crippen LogP contribution in [-0.4, -0.2) is 90.8 Å². The summed E-state index contributed by atoms with van der Waals surface area (Å²) in [5, 5.41) is 0. The van der Waals surface area contributed by atoms with Crippen molar-refractivity contribution >= 4 is 66.7 Å². The largest absolute Gasteiger partial charge is 0.493 e. The Morgan fingerprint density at radius 1 is 0.195 bits per heavy atom. The van der Waals surface area contributed by atoms with Crippen molar-refractivity contribution in [2.24, 2.45) is 43.3 Å². The molecule has 0 N–H and O–H groups in total. The average molecular weight is 1890 g/mol. The van der Waals surface area contributed by atoms with E-state index >= 15 is 0 Å². The van der Waals surface area contributed by atoms with Crippen LogP contribution >= 0.6 is 66.7 Å². The van der Waals surface area contributed by atoms with E-state index in [-0.39, 0.29) is 54.9 Å². The highest BCUT2D eigenvalue weighted by molar-refractivity contribution is 8.77. The molecule has 8 nitrogen and oxygen atoms in total. The molecule has 0 aliphatic heterocycles. The van der Waals surface area contributed by atoms with Crippen molar-refractivity contribution in [1.82, 2.24) is 0 Å². The molecule has 0 heterocycles. The SMILES string of the molecule is CC(C)(C)COc1ccc(C(C)(C)c2ccc(OCC(C)(C)C)cc2)cc1.CC(C)(C)COc1ccccc1OCC(C)(C)C.CC(C)(C)CSCC(C)(C)C.CC(C)(C)CSSCC(C)(C)C.CC(C)(C)Oc1ccc(C(C)(C)c2ccc(OC(C)(C)C)cc2)cc1.CC(C)(C)Oc1ccccc1OC(C)(C)C.CC(C)(C)SC(C)(C)C.CC(C)(C)SSC(C)(C)C. The summed E-state index contributed by atoms with van der Waals surface area (Å²) in [4.78, 5) is 0. The van der Waals surface area contributed by atoms with Crippen LogP contribution in [0.25, 0.3) is 0 Å². The standard InChI is InChI=1S/C25H36O2.C23H32O2.C16H26O2.C14H22O2.C10H22S2.C10H22S.C8H18S2.C8H18S/c1-23(2,3)17-26-21-13-9-19(10-14-21)25(7,8)20-11-15-22(16-12-20)27-18-24(4,5)6;1-21(2,3)24-19-13-9-17(10-14-19)23(7,8)18-11-15-20(16-12-18)25-22(4,5)6;1-15(2,3)11-17-13-9-7-8-10-14(13)18-12-16(4,5)6;1-13(2,3)15-11-9-7-8-10-12(11)16-14(4,5)6;1-9(2,3)7-11-12-8-10(4,5)6;1-9(2,3)7-11-8-10(4,5)6;1-7(2,3)9-10-8(4,5)6;1-7(2,3)9-8(4,5)6/h9-16H,17-18H2,1-8H3;9-16H,1-8H3;7-10H,11-12H2,1-6H3;7-10H,1-6H3;7-8H2,1-6H3;7-8H2,1-6H3;1-6H3;1-6H3. The van der Waals surface area contributed by atoms with E-state index in [2.05, 4.69) is 427 Å². The maximum Gasteiger partial charge on any atom is 0.161 e. The summed E-state index contributed by atoms with van der Waals surface area (Å²) in [6.45, 7) is 117. The number of rotatable bonds is 22. The smallest absolute Gasteiger partial charge is 0.161 e. The molecule has 0 aliphatic rings. The van der Waals surface area contributed by atoms with Gasteiger partial charge in [-0.2, -0.15) is 23.5 Å². The van der Waals surface area contributed by atoms with Crippen molar-refractivity contribution in [2.75, 3.05) is 49.4 Å². The molecule has 6 aromatic rings. The van der Waals surface area contributed by atoms with Crippen LogP contribution in [0.15, 0.2) is 146 Å². The van der Waals surface area contributed by atoms with Gasteiger partial charge >= 0.3 is 0 Å². The Morgan fingerprint density at radius 3 is 0.578 bits per heavy atom. The minimum atomic E-state index is -0.211. The van der Waals surface area contributed by atoms with Gasteiger partial charge in [0.1, 0.15) is 45.4 Å². The van der Waals surface area contributed by atoms with Gasteiger partial charge in [-0.25, -0.2) is 0 Å². The van der Waals surface area contributed by atoms with Crippen molar-refractivity contribution in [3.05, 3.63) is 168 Å². The highest BCUT2D eigenvalue weighted by Gasteiger charge is 2.29. The van der Waals surface area contributed by atoms with Crippen molar-refractivity contribution in [3.8, 4) is 46.0 Å². The molecule has 14 heteroatoms. The van der Waals surface area contributed by atoms with Gasteiger partial charge < -0.3 is 37.9 Å². The van der Waals surface area contributed by atoms with Crippen LogP contribution in [0.5, 0.6) is 46.0 Å². The number of hydrogen-bond acceptors (Lipinski definition) is 14. The molecule has 0 saturated heterocycles. The van der Waals surface area contributed by atoms with Crippen molar-refractivity contribution in [1.29, 1.82) is 0 Å². The second-order valence-electron chi connectivity index (χ2n) is 52.5. The van der Waals surface area contributed by atoms with Crippen LogP contribution in [0.1, 0.15) is 382 Å². The third-order valence-corrected chi connectivity index (χ3v) is 26.7.